The minimum Gasteiger partial charge on any atom is -0.374 e. The molecule has 0 spiro atoms. The lowest BCUT2D eigenvalue weighted by Gasteiger charge is -2.38. The Labute approximate surface area is 122 Å². The molecule has 1 N–H and O–H groups in total. The lowest BCUT2D eigenvalue weighted by molar-refractivity contribution is -0.0601. The predicted molar refractivity (Wildman–Crippen MR) is 80.3 cm³/mol. The summed E-state index contributed by atoms with van der Waals surface area (Å²) < 4.78 is 7.13. The van der Waals surface area contributed by atoms with E-state index in [9.17, 15) is 0 Å². The van der Waals surface area contributed by atoms with Gasteiger partial charge in [0.15, 0.2) is 0 Å². The van der Waals surface area contributed by atoms with Crippen molar-refractivity contribution in [2.75, 3.05) is 33.3 Å². The fourth-order valence-corrected chi connectivity index (χ4v) is 4.00. The summed E-state index contributed by atoms with van der Waals surface area (Å²) in [5, 5.41) is 5.62. The lowest BCUT2D eigenvalue weighted by atomic mass is 10.1. The van der Waals surface area contributed by atoms with Crippen LogP contribution in [0.4, 0.5) is 0 Å². The van der Waals surface area contributed by atoms with Crippen LogP contribution in [0.3, 0.4) is 0 Å². The highest BCUT2D eigenvalue weighted by Gasteiger charge is 2.32. The molecule has 0 amide bonds. The Bertz CT molecular complexity index is 372. The number of hydrogen-bond acceptors (Lipinski definition) is 4. The zero-order valence-corrected chi connectivity index (χ0v) is 13.4. The van der Waals surface area contributed by atoms with Crippen LogP contribution < -0.4 is 5.32 Å². The van der Waals surface area contributed by atoms with E-state index in [4.69, 9.17) is 4.74 Å². The summed E-state index contributed by atoms with van der Waals surface area (Å²) in [7, 11) is 2.19. The molecule has 2 rings (SSSR count). The van der Waals surface area contributed by atoms with Gasteiger partial charge in [0.2, 0.25) is 0 Å². The molecule has 0 saturated carbocycles. The highest BCUT2D eigenvalue weighted by atomic mass is 79.9. The minimum atomic E-state index is 0.251. The van der Waals surface area contributed by atoms with Crippen molar-refractivity contribution in [1.82, 2.24) is 10.2 Å². The van der Waals surface area contributed by atoms with Crippen molar-refractivity contribution >= 4 is 27.3 Å². The van der Waals surface area contributed by atoms with Crippen molar-refractivity contribution in [2.24, 2.45) is 0 Å². The Morgan fingerprint density at radius 2 is 2.44 bits per heavy atom. The average Bonchev–Trinajstić information content (AvgIpc) is 2.76. The largest absolute Gasteiger partial charge is 0.374 e. The van der Waals surface area contributed by atoms with Gasteiger partial charge < -0.3 is 10.1 Å². The molecular weight excluding hydrogens is 312 g/mol. The molecule has 1 aromatic heterocycles. The molecule has 0 radical (unpaired) electrons. The highest BCUT2D eigenvalue weighted by molar-refractivity contribution is 9.10. The molecule has 3 nitrogen and oxygen atoms in total. The van der Waals surface area contributed by atoms with Gasteiger partial charge in [-0.25, -0.2) is 0 Å². The molecule has 0 bridgehead atoms. The van der Waals surface area contributed by atoms with Gasteiger partial charge in [-0.2, -0.15) is 0 Å². The summed E-state index contributed by atoms with van der Waals surface area (Å²) in [6, 6.07) is 2.59. The Hall–Kier alpha value is 0.0600. The van der Waals surface area contributed by atoms with E-state index in [1.165, 1.54) is 9.35 Å². The van der Waals surface area contributed by atoms with Crippen LogP contribution >= 0.6 is 27.3 Å². The van der Waals surface area contributed by atoms with Gasteiger partial charge in [-0.1, -0.05) is 6.92 Å². The second-order valence-corrected chi connectivity index (χ2v) is 6.56. The van der Waals surface area contributed by atoms with Crippen LogP contribution in [-0.4, -0.2) is 44.3 Å². The number of rotatable bonds is 5. The number of nitrogens with zero attached hydrogens (tertiary/aromatic N) is 1. The summed E-state index contributed by atoms with van der Waals surface area (Å²) >= 11 is 5.34. The van der Waals surface area contributed by atoms with Crippen molar-refractivity contribution in [3.05, 3.63) is 20.8 Å². The second kappa shape index (κ2) is 7.01. The van der Waals surface area contributed by atoms with E-state index in [1.54, 1.807) is 11.3 Å². The van der Waals surface area contributed by atoms with Crippen molar-refractivity contribution in [1.29, 1.82) is 0 Å². The average molecular weight is 333 g/mol. The van der Waals surface area contributed by atoms with Crippen molar-refractivity contribution in [3.8, 4) is 0 Å². The SMILES string of the molecule is CCCNCC1OCCN(C)C1c1cc(Br)cs1. The normalized spacial score (nSPS) is 25.5. The van der Waals surface area contributed by atoms with Crippen molar-refractivity contribution < 1.29 is 4.74 Å². The van der Waals surface area contributed by atoms with Gasteiger partial charge in [0.05, 0.1) is 18.8 Å². The van der Waals surface area contributed by atoms with Gasteiger partial charge in [0.1, 0.15) is 0 Å². The van der Waals surface area contributed by atoms with E-state index in [-0.39, 0.29) is 6.10 Å². The molecule has 1 fully saturated rings. The number of hydrogen-bond donors (Lipinski definition) is 1. The standard InChI is InChI=1S/C13H21BrN2OS/c1-3-4-15-8-11-13(16(2)5-6-17-11)12-7-10(14)9-18-12/h7,9,11,13,15H,3-6,8H2,1-2H3. The first kappa shape index (κ1) is 14.5. The molecule has 1 saturated heterocycles. The zero-order chi connectivity index (χ0) is 13.0. The van der Waals surface area contributed by atoms with Crippen LogP contribution in [0.5, 0.6) is 0 Å². The number of morpholine rings is 1. The van der Waals surface area contributed by atoms with E-state index in [2.05, 4.69) is 51.6 Å². The second-order valence-electron chi connectivity index (χ2n) is 4.71. The molecule has 0 aliphatic carbocycles. The third-order valence-electron chi connectivity index (χ3n) is 3.25. The van der Waals surface area contributed by atoms with Crippen LogP contribution in [0, 0.1) is 0 Å². The van der Waals surface area contributed by atoms with Gasteiger partial charge in [-0.3, -0.25) is 4.90 Å². The Morgan fingerprint density at radius 3 is 3.11 bits per heavy atom. The summed E-state index contributed by atoms with van der Waals surface area (Å²) in [6.07, 6.45) is 1.42. The number of nitrogens with one attached hydrogen (secondary N) is 1. The van der Waals surface area contributed by atoms with Crippen LogP contribution in [0.15, 0.2) is 15.9 Å². The summed E-state index contributed by atoms with van der Waals surface area (Å²) in [5.41, 5.74) is 0. The third-order valence-corrected chi connectivity index (χ3v) is 5.02. The van der Waals surface area contributed by atoms with Gasteiger partial charge in [0, 0.05) is 27.8 Å². The summed E-state index contributed by atoms with van der Waals surface area (Å²) in [4.78, 5) is 3.78. The Balaban J connectivity index is 2.05. The minimum absolute atomic E-state index is 0.251. The zero-order valence-electron chi connectivity index (χ0n) is 11.0. The van der Waals surface area contributed by atoms with Crippen LogP contribution in [-0.2, 0) is 4.74 Å². The molecule has 102 valence electrons. The van der Waals surface area contributed by atoms with Gasteiger partial charge in [-0.05, 0) is 42.0 Å². The third kappa shape index (κ3) is 3.54. The molecule has 5 heteroatoms. The molecule has 1 aliphatic heterocycles. The first-order valence-corrected chi connectivity index (χ1v) is 8.16. The smallest absolute Gasteiger partial charge is 0.0904 e. The number of thiophene rings is 1. The van der Waals surface area contributed by atoms with E-state index in [1.807, 2.05) is 0 Å². The van der Waals surface area contributed by atoms with E-state index < -0.39 is 0 Å². The summed E-state index contributed by atoms with van der Waals surface area (Å²) in [6.45, 7) is 6.01. The maximum Gasteiger partial charge on any atom is 0.0904 e. The fraction of sp³-hybridized carbons (Fsp3) is 0.692. The molecule has 2 atom stereocenters. The van der Waals surface area contributed by atoms with E-state index in [0.29, 0.717) is 6.04 Å². The Morgan fingerprint density at radius 1 is 1.61 bits per heavy atom. The van der Waals surface area contributed by atoms with Gasteiger partial charge in [-0.15, -0.1) is 11.3 Å². The predicted octanol–water partition coefficient (Wildman–Crippen LogP) is 2.88. The molecule has 1 aromatic rings. The Kier molecular flexibility index (Phi) is 5.63. The number of halogens is 1. The van der Waals surface area contributed by atoms with Gasteiger partial charge in [0.25, 0.3) is 0 Å². The molecule has 2 heterocycles. The van der Waals surface area contributed by atoms with E-state index in [0.717, 1.165) is 32.7 Å². The fourth-order valence-electron chi connectivity index (χ4n) is 2.34. The topological polar surface area (TPSA) is 24.5 Å². The number of likely N-dealkylation sites (N-methyl/N-ethyl adjacent to an activating group) is 1. The maximum absolute atomic E-state index is 5.96. The first-order valence-electron chi connectivity index (χ1n) is 6.49. The first-order chi connectivity index (χ1) is 8.72. The van der Waals surface area contributed by atoms with E-state index >= 15 is 0 Å². The van der Waals surface area contributed by atoms with Gasteiger partial charge >= 0.3 is 0 Å². The van der Waals surface area contributed by atoms with Crippen LogP contribution in [0.2, 0.25) is 0 Å². The highest BCUT2D eigenvalue weighted by Crippen LogP contribution is 2.33. The monoisotopic (exact) mass is 332 g/mol. The summed E-state index contributed by atoms with van der Waals surface area (Å²) in [5.74, 6) is 0. The molecular formula is C13H21BrN2OS. The lowest BCUT2D eigenvalue weighted by Crippen LogP contribution is -2.47. The molecule has 1 aliphatic rings. The maximum atomic E-state index is 5.96. The molecule has 0 aromatic carbocycles. The molecule has 18 heavy (non-hydrogen) atoms. The quantitative estimate of drug-likeness (QED) is 0.839. The van der Waals surface area contributed by atoms with Crippen molar-refractivity contribution in [2.45, 2.75) is 25.5 Å². The molecule has 2 unspecified atom stereocenters. The van der Waals surface area contributed by atoms with Crippen LogP contribution in [0.25, 0.3) is 0 Å². The number of ether oxygens (including phenoxy) is 1. The van der Waals surface area contributed by atoms with Crippen molar-refractivity contribution in [3.63, 3.8) is 0 Å². The van der Waals surface area contributed by atoms with Crippen LogP contribution in [0.1, 0.15) is 24.3 Å².